The predicted molar refractivity (Wildman–Crippen MR) is 119 cm³/mol. The summed E-state index contributed by atoms with van der Waals surface area (Å²) in [6.45, 7) is 3.74. The summed E-state index contributed by atoms with van der Waals surface area (Å²) in [6, 6.07) is 16.5. The third kappa shape index (κ3) is 4.96. The lowest BCUT2D eigenvalue weighted by Crippen LogP contribution is -2.16. The van der Waals surface area contributed by atoms with Crippen molar-refractivity contribution in [2.45, 2.75) is 32.7 Å². The quantitative estimate of drug-likeness (QED) is 0.630. The Hall–Kier alpha value is -3.13. The van der Waals surface area contributed by atoms with Crippen LogP contribution in [-0.4, -0.2) is 35.6 Å². The van der Waals surface area contributed by atoms with Gasteiger partial charge in [0.05, 0.1) is 29.7 Å². The van der Waals surface area contributed by atoms with Gasteiger partial charge in [0.15, 0.2) is 9.84 Å². The topological polar surface area (TPSA) is 90.3 Å². The molecule has 0 saturated carbocycles. The number of sulfone groups is 1. The van der Waals surface area contributed by atoms with Crippen LogP contribution in [-0.2, 0) is 21.1 Å². The molecule has 0 aliphatic carbocycles. The lowest BCUT2D eigenvalue weighted by molar-refractivity contribution is -0.115. The molecule has 3 aromatic rings. The van der Waals surface area contributed by atoms with E-state index in [2.05, 4.69) is 10.4 Å². The van der Waals surface area contributed by atoms with Crippen molar-refractivity contribution in [2.24, 2.45) is 0 Å². The lowest BCUT2D eigenvalue weighted by Gasteiger charge is -2.11. The van der Waals surface area contributed by atoms with Crippen molar-refractivity contribution >= 4 is 21.4 Å². The zero-order valence-corrected chi connectivity index (χ0v) is 18.4. The number of nitrogens with zero attached hydrogens (tertiary/aromatic N) is 2. The van der Waals surface area contributed by atoms with Crippen LogP contribution < -0.4 is 10.1 Å². The number of anilines is 1. The number of benzene rings is 2. The monoisotopic (exact) mass is 439 g/mol. The fourth-order valence-corrected chi connectivity index (χ4v) is 5.57. The second-order valence-corrected chi connectivity index (χ2v) is 10.0. The van der Waals surface area contributed by atoms with Gasteiger partial charge in [-0.25, -0.2) is 8.42 Å². The highest BCUT2D eigenvalue weighted by Crippen LogP contribution is 2.27. The van der Waals surface area contributed by atoms with Crippen molar-refractivity contribution < 1.29 is 17.9 Å². The van der Waals surface area contributed by atoms with Crippen LogP contribution in [0.25, 0.3) is 0 Å². The van der Waals surface area contributed by atoms with E-state index in [1.807, 2.05) is 44.2 Å². The number of para-hydroxylation sites is 1. The van der Waals surface area contributed by atoms with Crippen LogP contribution in [0.2, 0.25) is 0 Å². The summed E-state index contributed by atoms with van der Waals surface area (Å²) < 4.78 is 31.2. The molecule has 0 spiro atoms. The fraction of sp³-hybridized carbons (Fsp3) is 0.304. The van der Waals surface area contributed by atoms with Gasteiger partial charge in [0.2, 0.25) is 5.91 Å². The van der Waals surface area contributed by atoms with E-state index in [4.69, 9.17) is 4.74 Å². The van der Waals surface area contributed by atoms with E-state index in [0.29, 0.717) is 17.9 Å². The average Bonchev–Trinajstić information content (AvgIpc) is 3.23. The molecule has 1 atom stereocenters. The standard InChI is InChI=1S/C23H25N3O4S/c1-16-22(17(2)26(25-16)19-12-13-31(28,29)15-19)14-23(27)24-18-8-10-21(11-9-18)30-20-6-4-3-5-7-20/h3-11,19H,12-15H2,1-2H3,(H,24,27). The van der Waals surface area contributed by atoms with Crippen LogP contribution in [0, 0.1) is 13.8 Å². The number of aromatic nitrogens is 2. The number of rotatable bonds is 6. The van der Waals surface area contributed by atoms with E-state index >= 15 is 0 Å². The highest BCUT2D eigenvalue weighted by molar-refractivity contribution is 7.91. The highest BCUT2D eigenvalue weighted by atomic mass is 32.2. The van der Waals surface area contributed by atoms with E-state index in [-0.39, 0.29) is 29.9 Å². The van der Waals surface area contributed by atoms with Gasteiger partial charge in [-0.2, -0.15) is 5.10 Å². The lowest BCUT2D eigenvalue weighted by atomic mass is 10.1. The van der Waals surface area contributed by atoms with Gasteiger partial charge in [0.25, 0.3) is 0 Å². The van der Waals surface area contributed by atoms with Crippen molar-refractivity contribution in [2.75, 3.05) is 16.8 Å². The molecule has 1 aromatic heterocycles. The number of aryl methyl sites for hydroxylation is 1. The Kier molecular flexibility index (Phi) is 5.82. The molecule has 1 saturated heterocycles. The van der Waals surface area contributed by atoms with Crippen molar-refractivity contribution in [1.82, 2.24) is 9.78 Å². The molecule has 2 aromatic carbocycles. The van der Waals surface area contributed by atoms with Gasteiger partial charge in [-0.05, 0) is 56.7 Å². The van der Waals surface area contributed by atoms with Crippen LogP contribution in [0.1, 0.15) is 29.4 Å². The summed E-state index contributed by atoms with van der Waals surface area (Å²) in [7, 11) is -3.00. The van der Waals surface area contributed by atoms with Gasteiger partial charge in [0, 0.05) is 16.9 Å². The molecule has 1 unspecified atom stereocenters. The Morgan fingerprint density at radius 3 is 2.42 bits per heavy atom. The molecular weight excluding hydrogens is 414 g/mol. The maximum Gasteiger partial charge on any atom is 0.228 e. The van der Waals surface area contributed by atoms with Gasteiger partial charge in [-0.15, -0.1) is 0 Å². The Balaban J connectivity index is 1.40. The number of nitrogens with one attached hydrogen (secondary N) is 1. The summed E-state index contributed by atoms with van der Waals surface area (Å²) in [5.41, 5.74) is 3.12. The van der Waals surface area contributed by atoms with Crippen molar-refractivity contribution in [3.63, 3.8) is 0 Å². The summed E-state index contributed by atoms with van der Waals surface area (Å²) in [4.78, 5) is 12.6. The molecule has 0 radical (unpaired) electrons. The van der Waals surface area contributed by atoms with Crippen molar-refractivity contribution in [3.05, 3.63) is 71.5 Å². The average molecular weight is 440 g/mol. The first-order chi connectivity index (χ1) is 14.8. The van der Waals surface area contributed by atoms with E-state index in [1.165, 1.54) is 0 Å². The predicted octanol–water partition coefficient (Wildman–Crippen LogP) is 3.83. The first-order valence-electron chi connectivity index (χ1n) is 10.2. The van der Waals surface area contributed by atoms with E-state index in [1.54, 1.807) is 28.9 Å². The molecule has 7 nitrogen and oxygen atoms in total. The summed E-state index contributed by atoms with van der Waals surface area (Å²) in [5, 5.41) is 7.43. The molecule has 162 valence electrons. The van der Waals surface area contributed by atoms with Gasteiger partial charge < -0.3 is 10.1 Å². The molecule has 1 fully saturated rings. The summed E-state index contributed by atoms with van der Waals surface area (Å²) in [5.74, 6) is 1.58. The van der Waals surface area contributed by atoms with Gasteiger partial charge >= 0.3 is 0 Å². The van der Waals surface area contributed by atoms with E-state index in [9.17, 15) is 13.2 Å². The number of hydrogen-bond donors (Lipinski definition) is 1. The molecule has 1 amide bonds. The molecule has 1 aliphatic rings. The Morgan fingerprint density at radius 2 is 1.77 bits per heavy atom. The minimum Gasteiger partial charge on any atom is -0.457 e. The zero-order chi connectivity index (χ0) is 22.0. The van der Waals surface area contributed by atoms with Crippen LogP contribution >= 0.6 is 0 Å². The minimum absolute atomic E-state index is 0.109. The smallest absolute Gasteiger partial charge is 0.228 e. The maximum atomic E-state index is 12.6. The minimum atomic E-state index is -3.00. The third-order valence-corrected chi connectivity index (χ3v) is 7.23. The van der Waals surface area contributed by atoms with E-state index in [0.717, 1.165) is 22.7 Å². The molecule has 2 heterocycles. The van der Waals surface area contributed by atoms with Gasteiger partial charge in [-0.1, -0.05) is 18.2 Å². The third-order valence-electron chi connectivity index (χ3n) is 5.48. The Labute approximate surface area is 182 Å². The van der Waals surface area contributed by atoms with Crippen LogP contribution in [0.3, 0.4) is 0 Å². The second-order valence-electron chi connectivity index (χ2n) is 7.82. The normalized spacial score (nSPS) is 17.4. The van der Waals surface area contributed by atoms with Crippen LogP contribution in [0.5, 0.6) is 11.5 Å². The van der Waals surface area contributed by atoms with Crippen LogP contribution in [0.4, 0.5) is 5.69 Å². The molecular formula is C23H25N3O4S. The molecule has 8 heteroatoms. The first kappa shape index (κ1) is 21.1. The molecule has 0 bridgehead atoms. The van der Waals surface area contributed by atoms with Crippen molar-refractivity contribution in [3.8, 4) is 11.5 Å². The molecule has 1 aliphatic heterocycles. The van der Waals surface area contributed by atoms with Gasteiger partial charge in [0.1, 0.15) is 11.5 Å². The number of ether oxygens (including phenoxy) is 1. The molecule has 31 heavy (non-hydrogen) atoms. The number of carbonyl (C=O) groups is 1. The van der Waals surface area contributed by atoms with Gasteiger partial charge in [-0.3, -0.25) is 9.48 Å². The number of hydrogen-bond acceptors (Lipinski definition) is 5. The van der Waals surface area contributed by atoms with E-state index < -0.39 is 9.84 Å². The summed E-state index contributed by atoms with van der Waals surface area (Å²) >= 11 is 0. The SMILES string of the molecule is Cc1nn(C2CCS(=O)(=O)C2)c(C)c1CC(=O)Nc1ccc(Oc2ccccc2)cc1. The second kappa shape index (κ2) is 8.55. The first-order valence-corrected chi connectivity index (χ1v) is 12.0. The fourth-order valence-electron chi connectivity index (χ4n) is 3.87. The Morgan fingerprint density at radius 1 is 1.10 bits per heavy atom. The highest BCUT2D eigenvalue weighted by Gasteiger charge is 2.31. The molecule has 4 rings (SSSR count). The Bertz CT molecular complexity index is 1190. The zero-order valence-electron chi connectivity index (χ0n) is 17.5. The number of amides is 1. The largest absolute Gasteiger partial charge is 0.457 e. The molecule has 1 N–H and O–H groups in total. The van der Waals surface area contributed by atoms with Crippen molar-refractivity contribution in [1.29, 1.82) is 0 Å². The number of carbonyl (C=O) groups excluding carboxylic acids is 1. The van der Waals surface area contributed by atoms with Crippen LogP contribution in [0.15, 0.2) is 54.6 Å². The summed E-state index contributed by atoms with van der Waals surface area (Å²) in [6.07, 6.45) is 0.743. The maximum absolute atomic E-state index is 12.6.